The molecule has 0 saturated heterocycles. The number of nitrogens with zero attached hydrogens (tertiary/aromatic N) is 1. The monoisotopic (exact) mass is 281 g/mol. The second-order valence-electron chi connectivity index (χ2n) is 4.57. The van der Waals surface area contributed by atoms with Crippen LogP contribution in [-0.2, 0) is 0 Å². The Morgan fingerprint density at radius 3 is 2.67 bits per heavy atom. The van der Waals surface area contributed by atoms with Gasteiger partial charge in [-0.15, -0.1) is 0 Å². The highest BCUT2D eigenvalue weighted by Gasteiger charge is 2.11. The zero-order valence-corrected chi connectivity index (χ0v) is 11.4. The lowest BCUT2D eigenvalue weighted by Crippen LogP contribution is -2.41. The Hall–Kier alpha value is -2.82. The van der Waals surface area contributed by atoms with Gasteiger partial charge in [-0.1, -0.05) is 30.3 Å². The molecule has 1 aliphatic rings. The van der Waals surface area contributed by atoms with Crippen molar-refractivity contribution < 1.29 is 9.53 Å². The van der Waals surface area contributed by atoms with Crippen molar-refractivity contribution in [2.24, 2.45) is 4.99 Å². The Bertz CT molecular complexity index is 668. The molecule has 21 heavy (non-hydrogen) atoms. The summed E-state index contributed by atoms with van der Waals surface area (Å²) < 4.78 is 5.60. The van der Waals surface area contributed by atoms with Gasteiger partial charge in [0.1, 0.15) is 17.3 Å². The van der Waals surface area contributed by atoms with Crippen molar-refractivity contribution in [3.63, 3.8) is 0 Å². The van der Waals surface area contributed by atoms with Gasteiger partial charge in [0.2, 0.25) is 0 Å². The van der Waals surface area contributed by atoms with Crippen molar-refractivity contribution in [1.82, 2.24) is 10.9 Å². The maximum absolute atomic E-state index is 12.0. The summed E-state index contributed by atoms with van der Waals surface area (Å²) >= 11 is 0. The van der Waals surface area contributed by atoms with E-state index in [4.69, 9.17) is 4.74 Å². The molecule has 1 aliphatic heterocycles. The van der Waals surface area contributed by atoms with Gasteiger partial charge in [0.25, 0.3) is 5.91 Å². The topological polar surface area (TPSA) is 62.7 Å². The van der Waals surface area contributed by atoms with Crippen LogP contribution in [0.2, 0.25) is 0 Å². The van der Waals surface area contributed by atoms with Crippen LogP contribution in [0.25, 0.3) is 0 Å². The number of carbonyl (C=O) groups is 1. The molecule has 2 N–H and O–H groups in total. The highest BCUT2D eigenvalue weighted by atomic mass is 16.5. The minimum atomic E-state index is -0.197. The van der Waals surface area contributed by atoms with Crippen molar-refractivity contribution in [3.8, 4) is 5.75 Å². The number of fused-ring (bicyclic) bond motifs is 1. The van der Waals surface area contributed by atoms with E-state index < -0.39 is 0 Å². The van der Waals surface area contributed by atoms with E-state index in [0.717, 1.165) is 11.4 Å². The van der Waals surface area contributed by atoms with E-state index in [0.29, 0.717) is 24.4 Å². The molecule has 0 fully saturated rings. The standard InChI is InChI=1S/C16H15N3O2/c20-16(12-6-2-1-3-7-12)19-18-15-10-11-21-14-9-5-4-8-13(14)17-15/h1-9H,10-11H2,(H,17,18)(H,19,20). The average molecular weight is 281 g/mol. The van der Waals surface area contributed by atoms with E-state index in [1.54, 1.807) is 12.1 Å². The molecule has 5 nitrogen and oxygen atoms in total. The van der Waals surface area contributed by atoms with Gasteiger partial charge < -0.3 is 4.74 Å². The first-order valence-corrected chi connectivity index (χ1v) is 6.74. The van der Waals surface area contributed by atoms with Crippen LogP contribution in [0.15, 0.2) is 59.6 Å². The molecule has 0 bridgehead atoms. The molecule has 0 aliphatic carbocycles. The quantitative estimate of drug-likeness (QED) is 0.789. The third-order valence-electron chi connectivity index (χ3n) is 3.07. The number of ether oxygens (including phenoxy) is 1. The number of rotatable bonds is 1. The third kappa shape index (κ3) is 3.20. The Kier molecular flexibility index (Phi) is 3.82. The molecule has 0 saturated carbocycles. The lowest BCUT2D eigenvalue weighted by molar-refractivity contribution is 0.0943. The van der Waals surface area contributed by atoms with Gasteiger partial charge in [0.15, 0.2) is 0 Å². The molecule has 0 radical (unpaired) electrons. The molecular formula is C16H15N3O2. The fourth-order valence-electron chi connectivity index (χ4n) is 2.01. The second kappa shape index (κ2) is 6.09. The van der Waals surface area contributed by atoms with Gasteiger partial charge in [-0.3, -0.25) is 15.6 Å². The summed E-state index contributed by atoms with van der Waals surface area (Å²) in [5.41, 5.74) is 6.87. The van der Waals surface area contributed by atoms with Crippen LogP contribution in [0.5, 0.6) is 5.75 Å². The minimum Gasteiger partial charge on any atom is -0.491 e. The molecule has 0 unspecified atom stereocenters. The van der Waals surface area contributed by atoms with E-state index in [9.17, 15) is 4.79 Å². The van der Waals surface area contributed by atoms with Crippen molar-refractivity contribution in [2.75, 3.05) is 6.61 Å². The number of carbonyl (C=O) groups excluding carboxylic acids is 1. The highest BCUT2D eigenvalue weighted by Crippen LogP contribution is 2.28. The normalized spacial score (nSPS) is 13.2. The molecule has 1 amide bonds. The summed E-state index contributed by atoms with van der Waals surface area (Å²) in [6.07, 6.45) is 0.601. The molecule has 3 rings (SSSR count). The van der Waals surface area contributed by atoms with Crippen LogP contribution in [0.4, 0.5) is 5.69 Å². The highest BCUT2D eigenvalue weighted by molar-refractivity contribution is 5.96. The summed E-state index contributed by atoms with van der Waals surface area (Å²) in [7, 11) is 0. The number of amides is 1. The molecule has 5 heteroatoms. The number of nitrogens with one attached hydrogen (secondary N) is 2. The van der Waals surface area contributed by atoms with Gasteiger partial charge in [-0.2, -0.15) is 0 Å². The van der Waals surface area contributed by atoms with Gasteiger partial charge in [0.05, 0.1) is 6.61 Å². The zero-order chi connectivity index (χ0) is 14.5. The van der Waals surface area contributed by atoms with E-state index in [1.807, 2.05) is 42.5 Å². The molecule has 106 valence electrons. The first-order chi connectivity index (χ1) is 10.3. The number of para-hydroxylation sites is 2. The molecule has 2 aromatic rings. The number of hydrazine groups is 1. The summed E-state index contributed by atoms with van der Waals surface area (Å²) in [5, 5.41) is 0. The predicted molar refractivity (Wildman–Crippen MR) is 80.7 cm³/mol. The summed E-state index contributed by atoms with van der Waals surface area (Å²) in [6.45, 7) is 0.518. The van der Waals surface area contributed by atoms with Crippen LogP contribution in [0, 0.1) is 0 Å². The second-order valence-corrected chi connectivity index (χ2v) is 4.57. The smallest absolute Gasteiger partial charge is 0.269 e. The van der Waals surface area contributed by atoms with Crippen LogP contribution in [0.3, 0.4) is 0 Å². The van der Waals surface area contributed by atoms with Gasteiger partial charge in [-0.05, 0) is 24.3 Å². The van der Waals surface area contributed by atoms with Crippen LogP contribution in [0.1, 0.15) is 16.8 Å². The first-order valence-electron chi connectivity index (χ1n) is 6.74. The number of hydrogen-bond donors (Lipinski definition) is 2. The SMILES string of the molecule is O=C(NNC1=Nc2ccccc2OCC1)c1ccccc1. The predicted octanol–water partition coefficient (Wildman–Crippen LogP) is 2.43. The summed E-state index contributed by atoms with van der Waals surface area (Å²) in [4.78, 5) is 16.4. The minimum absolute atomic E-state index is 0.197. The zero-order valence-electron chi connectivity index (χ0n) is 11.4. The van der Waals surface area contributed by atoms with Crippen LogP contribution in [-0.4, -0.2) is 18.3 Å². The first kappa shape index (κ1) is 13.2. The Morgan fingerprint density at radius 2 is 1.81 bits per heavy atom. The van der Waals surface area contributed by atoms with Crippen LogP contribution >= 0.6 is 0 Å². The largest absolute Gasteiger partial charge is 0.491 e. The van der Waals surface area contributed by atoms with E-state index in [-0.39, 0.29) is 5.91 Å². The summed E-state index contributed by atoms with van der Waals surface area (Å²) in [6, 6.07) is 16.6. The maximum atomic E-state index is 12.0. The van der Waals surface area contributed by atoms with E-state index >= 15 is 0 Å². The van der Waals surface area contributed by atoms with Gasteiger partial charge in [0, 0.05) is 12.0 Å². The number of hydrogen-bond acceptors (Lipinski definition) is 4. The van der Waals surface area contributed by atoms with Gasteiger partial charge in [-0.25, -0.2) is 4.99 Å². The van der Waals surface area contributed by atoms with Crippen molar-refractivity contribution in [3.05, 3.63) is 60.2 Å². The third-order valence-corrected chi connectivity index (χ3v) is 3.07. The lowest BCUT2D eigenvalue weighted by Gasteiger charge is -2.09. The molecule has 0 atom stereocenters. The molecule has 0 aromatic heterocycles. The van der Waals surface area contributed by atoms with E-state index in [2.05, 4.69) is 15.8 Å². The maximum Gasteiger partial charge on any atom is 0.269 e. The molecular weight excluding hydrogens is 266 g/mol. The fourth-order valence-corrected chi connectivity index (χ4v) is 2.01. The van der Waals surface area contributed by atoms with Crippen LogP contribution < -0.4 is 15.6 Å². The van der Waals surface area contributed by atoms with Gasteiger partial charge >= 0.3 is 0 Å². The number of benzene rings is 2. The fraction of sp³-hybridized carbons (Fsp3) is 0.125. The average Bonchev–Trinajstić information content (AvgIpc) is 2.75. The lowest BCUT2D eigenvalue weighted by atomic mass is 10.2. The summed E-state index contributed by atoms with van der Waals surface area (Å²) in [5.74, 6) is 1.23. The van der Waals surface area contributed by atoms with Crippen molar-refractivity contribution >= 4 is 17.4 Å². The van der Waals surface area contributed by atoms with Crippen molar-refractivity contribution in [1.29, 1.82) is 0 Å². The Morgan fingerprint density at radius 1 is 1.05 bits per heavy atom. The van der Waals surface area contributed by atoms with Crippen molar-refractivity contribution in [2.45, 2.75) is 6.42 Å². The molecule has 2 aromatic carbocycles. The number of amidine groups is 1. The Labute approximate surface area is 122 Å². The van der Waals surface area contributed by atoms with E-state index in [1.165, 1.54) is 0 Å². The molecule has 0 spiro atoms. The Balaban J connectivity index is 1.68. The number of aliphatic imine (C=N–C) groups is 1. The molecule has 1 heterocycles.